The van der Waals surface area contributed by atoms with E-state index < -0.39 is 0 Å². The molecule has 0 nitrogen and oxygen atoms in total. The van der Waals surface area contributed by atoms with Gasteiger partial charge in [-0.25, -0.2) is 4.39 Å². The lowest BCUT2D eigenvalue weighted by atomic mass is 10.3. The fourth-order valence-electron chi connectivity index (χ4n) is 0.859. The molecule has 0 heterocycles. The fraction of sp³-hybridized carbons (Fsp3) is 0.667. The zero-order chi connectivity index (χ0) is 5.11. The number of alkyl halides is 1. The highest BCUT2D eigenvalue weighted by Gasteiger charge is 2.01. The largest absolute Gasteiger partial charge is 0.246 e. The second-order valence-corrected chi connectivity index (χ2v) is 1.89. The summed E-state index contributed by atoms with van der Waals surface area (Å²) in [5.74, 6) is 0. The standard InChI is InChI=1S/C6H9F/c7-5-6-3-1-2-4-6/h3H,1-2,4-5H2. The minimum absolute atomic E-state index is 0.222. The summed E-state index contributed by atoms with van der Waals surface area (Å²) >= 11 is 0. The number of allylic oxidation sites excluding steroid dienone is 2. The first-order chi connectivity index (χ1) is 3.43. The van der Waals surface area contributed by atoms with E-state index in [2.05, 4.69) is 0 Å². The van der Waals surface area contributed by atoms with Crippen molar-refractivity contribution < 1.29 is 4.39 Å². The van der Waals surface area contributed by atoms with Crippen molar-refractivity contribution in [3.8, 4) is 0 Å². The Kier molecular flexibility index (Phi) is 1.45. The average molecular weight is 100 g/mol. The number of halogens is 1. The van der Waals surface area contributed by atoms with Gasteiger partial charge in [0.15, 0.2) is 0 Å². The molecule has 0 saturated carbocycles. The van der Waals surface area contributed by atoms with Crippen molar-refractivity contribution in [2.45, 2.75) is 19.3 Å². The average Bonchev–Trinajstić information content (AvgIpc) is 2.14. The van der Waals surface area contributed by atoms with Crippen LogP contribution in [0.5, 0.6) is 0 Å². The molecule has 0 spiro atoms. The Labute approximate surface area is 43.0 Å². The lowest BCUT2D eigenvalue weighted by molar-refractivity contribution is 0.535. The molecule has 0 aromatic heterocycles. The van der Waals surface area contributed by atoms with Crippen molar-refractivity contribution in [3.05, 3.63) is 11.6 Å². The van der Waals surface area contributed by atoms with E-state index in [1.165, 1.54) is 6.42 Å². The van der Waals surface area contributed by atoms with Crippen LogP contribution < -0.4 is 0 Å². The summed E-state index contributed by atoms with van der Waals surface area (Å²) in [4.78, 5) is 0. The van der Waals surface area contributed by atoms with Crippen molar-refractivity contribution in [3.63, 3.8) is 0 Å². The van der Waals surface area contributed by atoms with Crippen LogP contribution in [0.2, 0.25) is 0 Å². The molecule has 0 fully saturated rings. The molecule has 0 aliphatic heterocycles. The summed E-state index contributed by atoms with van der Waals surface area (Å²) < 4.78 is 11.6. The van der Waals surface area contributed by atoms with E-state index in [-0.39, 0.29) is 6.67 Å². The van der Waals surface area contributed by atoms with Crippen LogP contribution in [-0.4, -0.2) is 6.67 Å². The van der Waals surface area contributed by atoms with Gasteiger partial charge in [-0.05, 0) is 24.8 Å². The minimum Gasteiger partial charge on any atom is -0.246 e. The molecule has 1 aliphatic carbocycles. The van der Waals surface area contributed by atoms with Gasteiger partial charge < -0.3 is 0 Å². The van der Waals surface area contributed by atoms with E-state index in [4.69, 9.17) is 0 Å². The maximum atomic E-state index is 11.6. The third-order valence-corrected chi connectivity index (χ3v) is 1.31. The van der Waals surface area contributed by atoms with Gasteiger partial charge >= 0.3 is 0 Å². The zero-order valence-electron chi connectivity index (χ0n) is 4.28. The lowest BCUT2D eigenvalue weighted by Crippen LogP contribution is -1.75. The van der Waals surface area contributed by atoms with Crippen LogP contribution >= 0.6 is 0 Å². The molecule has 7 heavy (non-hydrogen) atoms. The first-order valence-corrected chi connectivity index (χ1v) is 2.67. The highest BCUT2D eigenvalue weighted by Crippen LogP contribution is 2.16. The molecule has 1 aliphatic rings. The van der Waals surface area contributed by atoms with Gasteiger partial charge in [-0.2, -0.15) is 0 Å². The molecule has 40 valence electrons. The number of hydrogen-bond acceptors (Lipinski definition) is 0. The Morgan fingerprint density at radius 3 is 2.86 bits per heavy atom. The van der Waals surface area contributed by atoms with Crippen LogP contribution in [0.25, 0.3) is 0 Å². The number of rotatable bonds is 1. The SMILES string of the molecule is FCC1=CCCC1. The summed E-state index contributed by atoms with van der Waals surface area (Å²) in [5, 5.41) is 0. The van der Waals surface area contributed by atoms with Crippen LogP contribution in [0.4, 0.5) is 4.39 Å². The monoisotopic (exact) mass is 100 g/mol. The van der Waals surface area contributed by atoms with Crippen molar-refractivity contribution >= 4 is 0 Å². The quantitative estimate of drug-likeness (QED) is 0.442. The molecule has 0 amide bonds. The van der Waals surface area contributed by atoms with E-state index in [0.29, 0.717) is 0 Å². The minimum atomic E-state index is -0.222. The van der Waals surface area contributed by atoms with E-state index >= 15 is 0 Å². The molecule has 0 N–H and O–H groups in total. The highest BCUT2D eigenvalue weighted by molar-refractivity contribution is 5.06. The number of hydrogen-bond donors (Lipinski definition) is 0. The molecule has 0 unspecified atom stereocenters. The topological polar surface area (TPSA) is 0 Å². The van der Waals surface area contributed by atoms with E-state index in [1.54, 1.807) is 0 Å². The van der Waals surface area contributed by atoms with Crippen molar-refractivity contribution in [2.24, 2.45) is 0 Å². The Bertz CT molecular complexity index is 84.2. The molecule has 0 atom stereocenters. The summed E-state index contributed by atoms with van der Waals surface area (Å²) in [6, 6.07) is 0. The smallest absolute Gasteiger partial charge is 0.111 e. The molecule has 0 bridgehead atoms. The first kappa shape index (κ1) is 4.82. The van der Waals surface area contributed by atoms with Gasteiger partial charge in [-0.15, -0.1) is 0 Å². The highest BCUT2D eigenvalue weighted by atomic mass is 19.1. The first-order valence-electron chi connectivity index (χ1n) is 2.67. The summed E-state index contributed by atoms with van der Waals surface area (Å²) in [7, 11) is 0. The Morgan fingerprint density at radius 2 is 2.57 bits per heavy atom. The Morgan fingerprint density at radius 1 is 1.71 bits per heavy atom. The van der Waals surface area contributed by atoms with Gasteiger partial charge in [0.1, 0.15) is 6.67 Å². The molecule has 0 aromatic rings. The third-order valence-electron chi connectivity index (χ3n) is 1.31. The van der Waals surface area contributed by atoms with Gasteiger partial charge in [0, 0.05) is 0 Å². The second kappa shape index (κ2) is 2.10. The van der Waals surface area contributed by atoms with Gasteiger partial charge in [-0.1, -0.05) is 6.08 Å². The van der Waals surface area contributed by atoms with Crippen LogP contribution in [0, 0.1) is 0 Å². The van der Waals surface area contributed by atoms with Gasteiger partial charge in [-0.3, -0.25) is 0 Å². The molecular formula is C6H9F. The van der Waals surface area contributed by atoms with Crippen LogP contribution in [0.3, 0.4) is 0 Å². The Hall–Kier alpha value is -0.330. The predicted molar refractivity (Wildman–Crippen MR) is 27.9 cm³/mol. The van der Waals surface area contributed by atoms with E-state index in [1.807, 2.05) is 6.08 Å². The van der Waals surface area contributed by atoms with Crippen molar-refractivity contribution in [1.29, 1.82) is 0 Å². The van der Waals surface area contributed by atoms with Crippen LogP contribution in [0.1, 0.15) is 19.3 Å². The summed E-state index contributed by atoms with van der Waals surface area (Å²) in [5.41, 5.74) is 1.00. The Balaban J connectivity index is 2.36. The molecule has 1 rings (SSSR count). The normalized spacial score (nSPS) is 19.9. The maximum Gasteiger partial charge on any atom is 0.111 e. The maximum absolute atomic E-state index is 11.6. The van der Waals surface area contributed by atoms with Gasteiger partial charge in [0.2, 0.25) is 0 Å². The van der Waals surface area contributed by atoms with E-state index in [9.17, 15) is 4.39 Å². The van der Waals surface area contributed by atoms with Crippen LogP contribution in [0.15, 0.2) is 11.6 Å². The van der Waals surface area contributed by atoms with E-state index in [0.717, 1.165) is 18.4 Å². The lowest BCUT2D eigenvalue weighted by Gasteiger charge is -1.86. The van der Waals surface area contributed by atoms with Crippen molar-refractivity contribution in [1.82, 2.24) is 0 Å². The van der Waals surface area contributed by atoms with Crippen LogP contribution in [-0.2, 0) is 0 Å². The third kappa shape index (κ3) is 1.02. The summed E-state index contributed by atoms with van der Waals surface area (Å²) in [6.45, 7) is -0.222. The molecule has 1 heteroatoms. The molecule has 0 radical (unpaired) electrons. The summed E-state index contributed by atoms with van der Waals surface area (Å²) in [6.07, 6.45) is 5.26. The van der Waals surface area contributed by atoms with Gasteiger partial charge in [0.05, 0.1) is 0 Å². The van der Waals surface area contributed by atoms with Crippen molar-refractivity contribution in [2.75, 3.05) is 6.67 Å². The molecule has 0 saturated heterocycles. The fourth-order valence-corrected chi connectivity index (χ4v) is 0.859. The second-order valence-electron chi connectivity index (χ2n) is 1.89. The predicted octanol–water partition coefficient (Wildman–Crippen LogP) is 2.07. The van der Waals surface area contributed by atoms with Gasteiger partial charge in [0.25, 0.3) is 0 Å². The molecular weight excluding hydrogens is 91.1 g/mol. The molecule has 0 aromatic carbocycles. The zero-order valence-corrected chi connectivity index (χ0v) is 4.28.